The number of benzene rings is 2. The van der Waals surface area contributed by atoms with E-state index in [4.69, 9.17) is 4.74 Å². The number of amides is 1. The highest BCUT2D eigenvalue weighted by Gasteiger charge is 2.21. The maximum atomic E-state index is 13.0. The number of nitrogens with one attached hydrogen (secondary N) is 1. The van der Waals surface area contributed by atoms with Crippen molar-refractivity contribution in [1.82, 2.24) is 4.98 Å². The van der Waals surface area contributed by atoms with Gasteiger partial charge in [-0.25, -0.2) is 4.98 Å². The minimum absolute atomic E-state index is 0.119. The molecule has 2 aromatic carbocycles. The molecule has 1 aromatic heterocycles. The third-order valence-corrected chi connectivity index (χ3v) is 5.57. The van der Waals surface area contributed by atoms with E-state index in [1.807, 2.05) is 66.4 Å². The third-order valence-electron chi connectivity index (χ3n) is 4.44. The van der Waals surface area contributed by atoms with Crippen LogP contribution in [0.5, 0.6) is 5.88 Å². The predicted molar refractivity (Wildman–Crippen MR) is 110 cm³/mol. The lowest BCUT2D eigenvalue weighted by molar-refractivity contribution is 0.101. The maximum absolute atomic E-state index is 13.0. The van der Waals surface area contributed by atoms with Crippen molar-refractivity contribution >= 4 is 23.4 Å². The molecule has 136 valence electrons. The molecule has 1 fully saturated rings. The highest BCUT2D eigenvalue weighted by atomic mass is 32.2. The Hall–Kier alpha value is -2.79. The second-order valence-corrected chi connectivity index (χ2v) is 7.48. The first-order valence-corrected chi connectivity index (χ1v) is 10.1. The van der Waals surface area contributed by atoms with Gasteiger partial charge in [0, 0.05) is 23.2 Å². The Balaban J connectivity index is 1.59. The molecular formula is C22H20N2O2S. The van der Waals surface area contributed by atoms with Crippen molar-refractivity contribution in [2.75, 3.05) is 16.8 Å². The van der Waals surface area contributed by atoms with Crippen molar-refractivity contribution in [1.29, 1.82) is 0 Å². The Morgan fingerprint density at radius 3 is 2.67 bits per heavy atom. The zero-order chi connectivity index (χ0) is 18.5. The van der Waals surface area contributed by atoms with Crippen LogP contribution in [0.3, 0.4) is 0 Å². The monoisotopic (exact) mass is 376 g/mol. The summed E-state index contributed by atoms with van der Waals surface area (Å²) in [4.78, 5) is 17.2. The first-order valence-electron chi connectivity index (χ1n) is 8.96. The number of para-hydroxylation sites is 1. The molecule has 1 aliphatic rings. The van der Waals surface area contributed by atoms with Gasteiger partial charge in [0.05, 0.1) is 0 Å². The van der Waals surface area contributed by atoms with E-state index in [1.54, 1.807) is 18.3 Å². The summed E-state index contributed by atoms with van der Waals surface area (Å²) in [6.07, 6.45) is 2.76. The molecule has 3 aromatic rings. The van der Waals surface area contributed by atoms with Crippen molar-refractivity contribution in [3.05, 3.63) is 78.5 Å². The van der Waals surface area contributed by atoms with Gasteiger partial charge in [-0.1, -0.05) is 48.5 Å². The largest absolute Gasteiger partial charge is 0.473 e. The number of ether oxygens (including phenoxy) is 1. The van der Waals surface area contributed by atoms with E-state index in [0.29, 0.717) is 11.4 Å². The Morgan fingerprint density at radius 2 is 1.85 bits per heavy atom. The number of hydrogen-bond acceptors (Lipinski definition) is 4. The van der Waals surface area contributed by atoms with Crippen molar-refractivity contribution in [3.63, 3.8) is 0 Å². The second kappa shape index (κ2) is 8.27. The summed E-state index contributed by atoms with van der Waals surface area (Å²) in [6, 6.07) is 21.3. The molecule has 0 spiro atoms. The molecule has 0 bridgehead atoms. The molecule has 27 heavy (non-hydrogen) atoms. The first kappa shape index (κ1) is 17.6. The number of pyridine rings is 1. The van der Waals surface area contributed by atoms with Crippen molar-refractivity contribution in [2.45, 2.75) is 12.5 Å². The molecule has 2 heterocycles. The first-order chi connectivity index (χ1) is 13.3. The van der Waals surface area contributed by atoms with Crippen molar-refractivity contribution in [2.24, 2.45) is 0 Å². The number of aromatic nitrogens is 1. The molecule has 1 unspecified atom stereocenters. The van der Waals surface area contributed by atoms with E-state index in [9.17, 15) is 4.79 Å². The van der Waals surface area contributed by atoms with Crippen LogP contribution in [0.4, 0.5) is 5.69 Å². The minimum Gasteiger partial charge on any atom is -0.473 e. The highest BCUT2D eigenvalue weighted by molar-refractivity contribution is 7.99. The van der Waals surface area contributed by atoms with E-state index in [-0.39, 0.29) is 12.0 Å². The van der Waals surface area contributed by atoms with Crippen LogP contribution >= 0.6 is 11.8 Å². The number of hydrogen-bond donors (Lipinski definition) is 1. The Bertz CT molecular complexity index is 924. The predicted octanol–water partition coefficient (Wildman–Crippen LogP) is 4.89. The number of rotatable bonds is 5. The van der Waals surface area contributed by atoms with Gasteiger partial charge in [-0.3, -0.25) is 4.79 Å². The molecule has 0 aliphatic carbocycles. The summed E-state index contributed by atoms with van der Waals surface area (Å²) in [5.41, 5.74) is 3.25. The van der Waals surface area contributed by atoms with Crippen molar-refractivity contribution < 1.29 is 9.53 Å². The third kappa shape index (κ3) is 4.14. The van der Waals surface area contributed by atoms with Gasteiger partial charge in [-0.2, -0.15) is 11.8 Å². The van der Waals surface area contributed by atoms with Crippen LogP contribution in [-0.2, 0) is 0 Å². The Kier molecular flexibility index (Phi) is 5.39. The van der Waals surface area contributed by atoms with Crippen LogP contribution in [-0.4, -0.2) is 28.5 Å². The zero-order valence-corrected chi connectivity index (χ0v) is 15.6. The highest BCUT2D eigenvalue weighted by Crippen LogP contribution is 2.29. The topological polar surface area (TPSA) is 51.2 Å². The minimum atomic E-state index is -0.216. The number of thioether (sulfide) groups is 1. The van der Waals surface area contributed by atoms with E-state index in [1.165, 1.54) is 0 Å². The lowest BCUT2D eigenvalue weighted by Gasteiger charge is -2.15. The van der Waals surface area contributed by atoms with E-state index in [2.05, 4.69) is 10.3 Å². The number of nitrogens with zero attached hydrogens (tertiary/aromatic N) is 1. The van der Waals surface area contributed by atoms with Gasteiger partial charge in [0.1, 0.15) is 11.7 Å². The van der Waals surface area contributed by atoms with Crippen LogP contribution < -0.4 is 10.1 Å². The zero-order valence-electron chi connectivity index (χ0n) is 14.8. The molecule has 0 radical (unpaired) electrons. The molecule has 4 rings (SSSR count). The lowest BCUT2D eigenvalue weighted by atomic mass is 10.0. The number of carbonyl (C=O) groups is 1. The summed E-state index contributed by atoms with van der Waals surface area (Å²) in [5, 5.41) is 3.03. The van der Waals surface area contributed by atoms with Crippen LogP contribution in [0, 0.1) is 0 Å². The van der Waals surface area contributed by atoms with Gasteiger partial charge in [0.25, 0.3) is 5.91 Å². The van der Waals surface area contributed by atoms with Crippen LogP contribution in [0.1, 0.15) is 16.8 Å². The summed E-state index contributed by atoms with van der Waals surface area (Å²) in [6.45, 7) is 0. The maximum Gasteiger partial charge on any atom is 0.261 e. The molecule has 4 nitrogen and oxygen atoms in total. The molecule has 0 saturated carbocycles. The average molecular weight is 376 g/mol. The fraction of sp³-hybridized carbons (Fsp3) is 0.182. The molecule has 1 atom stereocenters. The van der Waals surface area contributed by atoms with Gasteiger partial charge < -0.3 is 10.1 Å². The fourth-order valence-electron chi connectivity index (χ4n) is 3.07. The molecule has 1 saturated heterocycles. The number of carbonyl (C=O) groups excluding carboxylic acids is 1. The quantitative estimate of drug-likeness (QED) is 0.689. The second-order valence-electron chi connectivity index (χ2n) is 6.33. The molecule has 1 N–H and O–H groups in total. The van der Waals surface area contributed by atoms with Gasteiger partial charge in [0.15, 0.2) is 0 Å². The van der Waals surface area contributed by atoms with Crippen LogP contribution in [0.15, 0.2) is 72.9 Å². The van der Waals surface area contributed by atoms with E-state index < -0.39 is 0 Å². The Morgan fingerprint density at radius 1 is 1.04 bits per heavy atom. The SMILES string of the molecule is O=C(Nc1ccccc1-c1ccccc1)c1cccnc1OC1CCSC1. The normalized spacial score (nSPS) is 16.1. The van der Waals surface area contributed by atoms with Crippen molar-refractivity contribution in [3.8, 4) is 17.0 Å². The summed E-state index contributed by atoms with van der Waals surface area (Å²) >= 11 is 1.86. The number of anilines is 1. The fourth-order valence-corrected chi connectivity index (χ4v) is 4.17. The van der Waals surface area contributed by atoms with E-state index >= 15 is 0 Å². The van der Waals surface area contributed by atoms with Gasteiger partial charge in [-0.05, 0) is 35.9 Å². The lowest BCUT2D eigenvalue weighted by Crippen LogP contribution is -2.20. The summed E-state index contributed by atoms with van der Waals surface area (Å²) in [7, 11) is 0. The van der Waals surface area contributed by atoms with E-state index in [0.717, 1.165) is 34.7 Å². The Labute approximate surface area is 163 Å². The molecule has 1 aliphatic heterocycles. The van der Waals surface area contributed by atoms with Gasteiger partial charge >= 0.3 is 0 Å². The van der Waals surface area contributed by atoms with Gasteiger partial charge in [0.2, 0.25) is 5.88 Å². The van der Waals surface area contributed by atoms with Crippen LogP contribution in [0.25, 0.3) is 11.1 Å². The molecular weight excluding hydrogens is 356 g/mol. The smallest absolute Gasteiger partial charge is 0.261 e. The molecule has 1 amide bonds. The van der Waals surface area contributed by atoms with Gasteiger partial charge in [-0.15, -0.1) is 0 Å². The molecule has 5 heteroatoms. The standard InChI is InChI=1S/C22H20N2O2S/c25-21(19-10-6-13-23-22(19)26-17-12-14-27-15-17)24-20-11-5-4-9-18(20)16-7-2-1-3-8-16/h1-11,13,17H,12,14-15H2,(H,24,25). The summed E-state index contributed by atoms with van der Waals surface area (Å²) < 4.78 is 5.99. The summed E-state index contributed by atoms with van der Waals surface area (Å²) in [5.74, 6) is 2.21. The van der Waals surface area contributed by atoms with Crippen LogP contribution in [0.2, 0.25) is 0 Å². The average Bonchev–Trinajstić information content (AvgIpc) is 3.22.